The standard InChI is InChI=1S/C13H16FN3O2/c1-7-4-5-10(14)11(8(7)2)9(3)12(15)17-13(18)19-6-16-17/h4-6,9,12H,15H2,1-3H3/t9-,12+/m1/s1. The van der Waals surface area contributed by atoms with E-state index in [0.29, 0.717) is 5.56 Å². The van der Waals surface area contributed by atoms with Gasteiger partial charge in [0.25, 0.3) is 0 Å². The van der Waals surface area contributed by atoms with Gasteiger partial charge < -0.3 is 10.2 Å². The van der Waals surface area contributed by atoms with Crippen LogP contribution in [0.3, 0.4) is 0 Å². The molecule has 102 valence electrons. The molecular weight excluding hydrogens is 249 g/mol. The Morgan fingerprint density at radius 2 is 2.11 bits per heavy atom. The average Bonchev–Trinajstić information content (AvgIpc) is 2.79. The van der Waals surface area contributed by atoms with E-state index in [0.717, 1.165) is 22.2 Å². The summed E-state index contributed by atoms with van der Waals surface area (Å²) in [4.78, 5) is 11.4. The molecule has 0 aliphatic heterocycles. The third-order valence-electron chi connectivity index (χ3n) is 3.49. The molecule has 0 spiro atoms. The summed E-state index contributed by atoms with van der Waals surface area (Å²) in [5.41, 5.74) is 8.29. The fraction of sp³-hybridized carbons (Fsp3) is 0.385. The number of hydrogen-bond acceptors (Lipinski definition) is 4. The van der Waals surface area contributed by atoms with Crippen LogP contribution < -0.4 is 11.5 Å². The van der Waals surface area contributed by atoms with Crippen molar-refractivity contribution in [2.75, 3.05) is 0 Å². The first-order valence-electron chi connectivity index (χ1n) is 5.97. The number of aryl methyl sites for hydroxylation is 1. The first kappa shape index (κ1) is 13.5. The number of rotatable bonds is 3. The van der Waals surface area contributed by atoms with Crippen molar-refractivity contribution in [3.8, 4) is 0 Å². The number of nitrogens with zero attached hydrogens (tertiary/aromatic N) is 2. The number of nitrogens with two attached hydrogens (primary N) is 1. The summed E-state index contributed by atoms with van der Waals surface area (Å²) in [5, 5.41) is 3.73. The molecule has 1 aromatic carbocycles. The van der Waals surface area contributed by atoms with Gasteiger partial charge in [0.05, 0.1) is 0 Å². The second-order valence-corrected chi connectivity index (χ2v) is 4.63. The lowest BCUT2D eigenvalue weighted by atomic mass is 9.91. The molecule has 0 bridgehead atoms. The average molecular weight is 265 g/mol. The first-order valence-corrected chi connectivity index (χ1v) is 5.97. The van der Waals surface area contributed by atoms with Gasteiger partial charge in [-0.25, -0.2) is 9.18 Å². The summed E-state index contributed by atoms with van der Waals surface area (Å²) in [6.45, 7) is 5.50. The molecule has 0 aliphatic carbocycles. The normalized spacial score (nSPS) is 14.4. The van der Waals surface area contributed by atoms with Crippen molar-refractivity contribution in [3.05, 3.63) is 51.6 Å². The highest BCUT2D eigenvalue weighted by Crippen LogP contribution is 2.30. The van der Waals surface area contributed by atoms with Gasteiger partial charge in [-0.2, -0.15) is 4.68 Å². The van der Waals surface area contributed by atoms with Crippen LogP contribution in [-0.4, -0.2) is 9.78 Å². The van der Waals surface area contributed by atoms with Gasteiger partial charge in [0.1, 0.15) is 12.0 Å². The van der Waals surface area contributed by atoms with Crippen LogP contribution in [0, 0.1) is 19.7 Å². The Balaban J connectivity index is 2.45. The minimum absolute atomic E-state index is 0.331. The quantitative estimate of drug-likeness (QED) is 0.919. The predicted octanol–water partition coefficient (Wildman–Crippen LogP) is 1.85. The van der Waals surface area contributed by atoms with Crippen LogP contribution in [0.5, 0.6) is 0 Å². The first-order chi connectivity index (χ1) is 8.93. The van der Waals surface area contributed by atoms with Crippen LogP contribution in [0.15, 0.2) is 27.7 Å². The molecule has 2 N–H and O–H groups in total. The lowest BCUT2D eigenvalue weighted by Crippen LogP contribution is -2.32. The van der Waals surface area contributed by atoms with Crippen molar-refractivity contribution in [2.24, 2.45) is 5.73 Å². The third kappa shape index (κ3) is 2.31. The van der Waals surface area contributed by atoms with Crippen molar-refractivity contribution in [2.45, 2.75) is 32.9 Å². The molecule has 6 heteroatoms. The highest BCUT2D eigenvalue weighted by molar-refractivity contribution is 5.37. The van der Waals surface area contributed by atoms with Gasteiger partial charge in [-0.3, -0.25) is 0 Å². The van der Waals surface area contributed by atoms with Crippen molar-refractivity contribution < 1.29 is 8.81 Å². The van der Waals surface area contributed by atoms with E-state index in [1.54, 1.807) is 13.0 Å². The van der Waals surface area contributed by atoms with Gasteiger partial charge in [-0.15, -0.1) is 5.10 Å². The summed E-state index contributed by atoms with van der Waals surface area (Å²) in [5.74, 6) is -1.38. The lowest BCUT2D eigenvalue weighted by Gasteiger charge is -2.22. The molecule has 0 amide bonds. The van der Waals surface area contributed by atoms with Crippen LogP contribution in [0.4, 0.5) is 4.39 Å². The molecule has 2 aromatic rings. The maximum atomic E-state index is 14.0. The van der Waals surface area contributed by atoms with Crippen LogP contribution in [0.1, 0.15) is 35.7 Å². The number of hydrogen-bond donors (Lipinski definition) is 1. The van der Waals surface area contributed by atoms with Crippen LogP contribution in [0.2, 0.25) is 0 Å². The van der Waals surface area contributed by atoms with Crippen LogP contribution >= 0.6 is 0 Å². The molecule has 1 aromatic heterocycles. The highest BCUT2D eigenvalue weighted by atomic mass is 19.1. The van der Waals surface area contributed by atoms with E-state index in [2.05, 4.69) is 9.52 Å². The predicted molar refractivity (Wildman–Crippen MR) is 68.3 cm³/mol. The summed E-state index contributed by atoms with van der Waals surface area (Å²) < 4.78 is 19.6. The summed E-state index contributed by atoms with van der Waals surface area (Å²) in [6, 6.07) is 3.13. The van der Waals surface area contributed by atoms with Gasteiger partial charge in [0.2, 0.25) is 6.39 Å². The molecule has 0 saturated heterocycles. The third-order valence-corrected chi connectivity index (χ3v) is 3.49. The Morgan fingerprint density at radius 1 is 1.42 bits per heavy atom. The molecule has 19 heavy (non-hydrogen) atoms. The molecule has 0 unspecified atom stereocenters. The molecule has 0 saturated carbocycles. The van der Waals surface area contributed by atoms with Gasteiger partial charge in [0.15, 0.2) is 0 Å². The largest absolute Gasteiger partial charge is 0.438 e. The Kier molecular flexibility index (Phi) is 3.53. The van der Waals surface area contributed by atoms with E-state index in [-0.39, 0.29) is 5.82 Å². The van der Waals surface area contributed by atoms with E-state index < -0.39 is 17.8 Å². The Hall–Kier alpha value is -1.95. The highest BCUT2D eigenvalue weighted by Gasteiger charge is 2.24. The van der Waals surface area contributed by atoms with Crippen molar-refractivity contribution >= 4 is 0 Å². The van der Waals surface area contributed by atoms with Crippen LogP contribution in [0.25, 0.3) is 0 Å². The molecule has 2 rings (SSSR count). The van der Waals surface area contributed by atoms with Crippen molar-refractivity contribution in [3.63, 3.8) is 0 Å². The lowest BCUT2D eigenvalue weighted by molar-refractivity contribution is 0.365. The SMILES string of the molecule is Cc1ccc(F)c([C@@H](C)[C@@H](N)n2ncoc2=O)c1C. The van der Waals surface area contributed by atoms with Gasteiger partial charge in [0, 0.05) is 5.92 Å². The number of benzene rings is 1. The molecule has 2 atom stereocenters. The maximum Gasteiger partial charge on any atom is 0.438 e. The molecule has 1 heterocycles. The Morgan fingerprint density at radius 3 is 2.68 bits per heavy atom. The second-order valence-electron chi connectivity index (χ2n) is 4.63. The van der Waals surface area contributed by atoms with Crippen molar-refractivity contribution in [1.82, 2.24) is 9.78 Å². The Bertz CT molecular complexity index is 648. The molecule has 0 fully saturated rings. The summed E-state index contributed by atoms with van der Waals surface area (Å²) in [6.07, 6.45) is 0.246. The fourth-order valence-electron chi connectivity index (χ4n) is 2.17. The number of halogens is 1. The van der Waals surface area contributed by atoms with Gasteiger partial charge in [-0.1, -0.05) is 13.0 Å². The Labute approximate surface area is 109 Å². The summed E-state index contributed by atoms with van der Waals surface area (Å²) in [7, 11) is 0. The maximum absolute atomic E-state index is 14.0. The fourth-order valence-corrected chi connectivity index (χ4v) is 2.17. The van der Waals surface area contributed by atoms with E-state index in [4.69, 9.17) is 5.73 Å². The topological polar surface area (TPSA) is 74.1 Å². The zero-order valence-corrected chi connectivity index (χ0v) is 11.1. The van der Waals surface area contributed by atoms with Crippen molar-refractivity contribution in [1.29, 1.82) is 0 Å². The van der Waals surface area contributed by atoms with E-state index >= 15 is 0 Å². The molecule has 0 aliphatic rings. The number of aromatic nitrogens is 2. The van der Waals surface area contributed by atoms with Crippen LogP contribution in [-0.2, 0) is 0 Å². The van der Waals surface area contributed by atoms with E-state index in [1.807, 2.05) is 13.8 Å². The zero-order valence-electron chi connectivity index (χ0n) is 11.1. The van der Waals surface area contributed by atoms with Gasteiger partial charge >= 0.3 is 5.76 Å². The minimum Gasteiger partial charge on any atom is -0.395 e. The molecular formula is C13H16FN3O2. The monoisotopic (exact) mass is 265 g/mol. The molecule has 5 nitrogen and oxygen atoms in total. The van der Waals surface area contributed by atoms with E-state index in [9.17, 15) is 9.18 Å². The van der Waals surface area contributed by atoms with Gasteiger partial charge in [-0.05, 0) is 36.6 Å². The smallest absolute Gasteiger partial charge is 0.395 e. The van der Waals surface area contributed by atoms with E-state index in [1.165, 1.54) is 6.07 Å². The second kappa shape index (κ2) is 4.97. The minimum atomic E-state index is -0.777. The zero-order chi connectivity index (χ0) is 14.2. The summed E-state index contributed by atoms with van der Waals surface area (Å²) >= 11 is 0. The molecule has 0 radical (unpaired) electrons.